The van der Waals surface area contributed by atoms with Gasteiger partial charge in [0.1, 0.15) is 0 Å². The molecule has 5 atom stereocenters. The molecule has 1 N–H and O–H groups in total. The van der Waals surface area contributed by atoms with E-state index in [1.54, 1.807) is 14.2 Å². The van der Waals surface area contributed by atoms with Gasteiger partial charge in [-0.15, -0.1) is 0 Å². The van der Waals surface area contributed by atoms with Crippen molar-refractivity contribution < 1.29 is 9.47 Å². The Hall–Kier alpha value is -1.68. The van der Waals surface area contributed by atoms with Crippen LogP contribution in [0.2, 0.25) is 0 Å². The number of nitrogens with zero attached hydrogens (tertiary/aromatic N) is 1. The van der Waals surface area contributed by atoms with E-state index in [-0.39, 0.29) is 0 Å². The molecule has 4 bridgehead atoms. The maximum atomic E-state index is 5.56. The van der Waals surface area contributed by atoms with Crippen LogP contribution in [0.5, 0.6) is 11.5 Å². The second-order valence-electron chi connectivity index (χ2n) is 8.12. The van der Waals surface area contributed by atoms with Gasteiger partial charge < -0.3 is 14.5 Å². The van der Waals surface area contributed by atoms with E-state index < -0.39 is 0 Å². The third kappa shape index (κ3) is 2.16. The number of H-pyrrole nitrogens is 1. The van der Waals surface area contributed by atoms with Crippen molar-refractivity contribution in [2.75, 3.05) is 27.3 Å². The predicted octanol–water partition coefficient (Wildman–Crippen LogP) is 3.95. The van der Waals surface area contributed by atoms with E-state index >= 15 is 0 Å². The highest BCUT2D eigenvalue weighted by atomic mass is 16.5. The van der Waals surface area contributed by atoms with Gasteiger partial charge in [0.05, 0.1) is 14.2 Å². The molecule has 1 aliphatic carbocycles. The van der Waals surface area contributed by atoms with Gasteiger partial charge in [-0.1, -0.05) is 13.3 Å². The van der Waals surface area contributed by atoms with E-state index in [0.29, 0.717) is 5.92 Å². The monoisotopic (exact) mass is 340 g/mol. The summed E-state index contributed by atoms with van der Waals surface area (Å²) in [4.78, 5) is 6.61. The fourth-order valence-corrected chi connectivity index (χ4v) is 6.02. The number of hydrogen-bond acceptors (Lipinski definition) is 3. The Morgan fingerprint density at radius 1 is 1.16 bits per heavy atom. The van der Waals surface area contributed by atoms with E-state index in [1.165, 1.54) is 54.5 Å². The number of benzene rings is 1. The first-order valence-electron chi connectivity index (χ1n) is 9.74. The number of methoxy groups -OCH3 is 2. The number of piperidine rings is 2. The van der Waals surface area contributed by atoms with Crippen LogP contribution in [0.25, 0.3) is 10.9 Å². The topological polar surface area (TPSA) is 37.5 Å². The van der Waals surface area contributed by atoms with Crippen LogP contribution in [-0.4, -0.2) is 43.2 Å². The Morgan fingerprint density at radius 3 is 2.72 bits per heavy atom. The molecule has 3 fully saturated rings. The molecule has 1 aromatic heterocycles. The lowest BCUT2D eigenvalue weighted by atomic mass is 9.65. The van der Waals surface area contributed by atoms with Gasteiger partial charge >= 0.3 is 0 Å². The second-order valence-corrected chi connectivity index (χ2v) is 8.12. The fourth-order valence-electron chi connectivity index (χ4n) is 6.02. The summed E-state index contributed by atoms with van der Waals surface area (Å²) in [5.41, 5.74) is 4.22. The number of ether oxygens (including phenoxy) is 2. The Labute approximate surface area is 149 Å². The highest BCUT2D eigenvalue weighted by Crippen LogP contribution is 2.51. The zero-order chi connectivity index (χ0) is 17.1. The summed E-state index contributed by atoms with van der Waals surface area (Å²) in [5, 5.41) is 1.32. The smallest absolute Gasteiger partial charge is 0.162 e. The van der Waals surface area contributed by atoms with Crippen molar-refractivity contribution in [2.24, 2.45) is 11.8 Å². The Kier molecular flexibility index (Phi) is 3.53. The van der Waals surface area contributed by atoms with Crippen LogP contribution in [0.1, 0.15) is 43.4 Å². The molecule has 1 saturated carbocycles. The van der Waals surface area contributed by atoms with E-state index in [1.807, 2.05) is 0 Å². The SMILES string of the molecule is CCC1C[C@H]2CC3c4[nH]c5cc(OC)c(OC)cc5c4CCN(C2)C13. The van der Waals surface area contributed by atoms with Crippen molar-refractivity contribution in [3.05, 3.63) is 23.4 Å². The number of fused-ring (bicyclic) bond motifs is 4. The van der Waals surface area contributed by atoms with E-state index in [0.717, 1.165) is 35.8 Å². The summed E-state index contributed by atoms with van der Waals surface area (Å²) in [5.74, 6) is 4.04. The van der Waals surface area contributed by atoms with Gasteiger partial charge in [-0.05, 0) is 42.7 Å². The minimum absolute atomic E-state index is 0.666. The van der Waals surface area contributed by atoms with Crippen LogP contribution in [-0.2, 0) is 6.42 Å². The number of rotatable bonds is 3. The molecule has 134 valence electrons. The van der Waals surface area contributed by atoms with Gasteiger partial charge in [0, 0.05) is 47.7 Å². The normalized spacial score (nSPS) is 33.2. The van der Waals surface area contributed by atoms with Gasteiger partial charge in [0.2, 0.25) is 0 Å². The van der Waals surface area contributed by atoms with E-state index in [2.05, 4.69) is 28.9 Å². The van der Waals surface area contributed by atoms with Gasteiger partial charge in [0.15, 0.2) is 11.5 Å². The molecule has 4 unspecified atom stereocenters. The van der Waals surface area contributed by atoms with Crippen molar-refractivity contribution in [1.82, 2.24) is 9.88 Å². The number of aromatic nitrogens is 1. The van der Waals surface area contributed by atoms with E-state index in [9.17, 15) is 0 Å². The first-order valence-corrected chi connectivity index (χ1v) is 9.74. The lowest BCUT2D eigenvalue weighted by molar-refractivity contribution is -0.0134. The Balaban J connectivity index is 1.67. The Morgan fingerprint density at radius 2 is 1.96 bits per heavy atom. The summed E-state index contributed by atoms with van der Waals surface area (Å²) >= 11 is 0. The minimum Gasteiger partial charge on any atom is -0.493 e. The number of nitrogens with one attached hydrogen (secondary N) is 1. The predicted molar refractivity (Wildman–Crippen MR) is 99.7 cm³/mol. The molecule has 3 aliphatic heterocycles. The molecule has 4 heteroatoms. The Bertz CT molecular complexity index is 812. The first kappa shape index (κ1) is 15.6. The number of aromatic amines is 1. The van der Waals surface area contributed by atoms with Crippen molar-refractivity contribution in [2.45, 2.75) is 44.6 Å². The fraction of sp³-hybridized carbons (Fsp3) is 0.619. The van der Waals surface area contributed by atoms with Gasteiger partial charge in [-0.25, -0.2) is 0 Å². The van der Waals surface area contributed by atoms with Crippen molar-refractivity contribution >= 4 is 10.9 Å². The third-order valence-corrected chi connectivity index (χ3v) is 7.02. The van der Waals surface area contributed by atoms with Crippen LogP contribution in [0, 0.1) is 11.8 Å². The molecule has 0 radical (unpaired) electrons. The molecule has 4 heterocycles. The zero-order valence-electron chi connectivity index (χ0n) is 15.5. The summed E-state index contributed by atoms with van der Waals surface area (Å²) < 4.78 is 11.1. The maximum absolute atomic E-state index is 5.56. The summed E-state index contributed by atoms with van der Waals surface area (Å²) in [6.45, 7) is 4.89. The molecule has 2 aromatic rings. The summed E-state index contributed by atoms with van der Waals surface area (Å²) in [7, 11) is 3.43. The highest BCUT2D eigenvalue weighted by Gasteiger charge is 2.48. The molecule has 6 rings (SSSR count). The molecular weight excluding hydrogens is 312 g/mol. The maximum Gasteiger partial charge on any atom is 0.162 e. The van der Waals surface area contributed by atoms with E-state index in [4.69, 9.17) is 9.47 Å². The van der Waals surface area contributed by atoms with Gasteiger partial charge in [-0.3, -0.25) is 4.90 Å². The van der Waals surface area contributed by atoms with Crippen LogP contribution < -0.4 is 9.47 Å². The van der Waals surface area contributed by atoms with Crippen molar-refractivity contribution in [3.63, 3.8) is 0 Å². The van der Waals surface area contributed by atoms with Crippen LogP contribution >= 0.6 is 0 Å². The summed E-state index contributed by atoms with van der Waals surface area (Å²) in [6, 6.07) is 5.01. The molecule has 0 spiro atoms. The lowest BCUT2D eigenvalue weighted by Crippen LogP contribution is -2.56. The zero-order valence-corrected chi connectivity index (χ0v) is 15.5. The quantitative estimate of drug-likeness (QED) is 0.919. The standard InChI is InChI=1S/C21H28N2O2/c1-4-13-7-12-8-16-20-14(5-6-23(11-12)21(13)16)15-9-18(24-2)19(25-3)10-17(15)22-20/h9-10,12-13,16,21-22H,4-8,11H2,1-3H3/t12-,13?,16?,21?/m0/s1. The first-order chi connectivity index (χ1) is 12.2. The van der Waals surface area contributed by atoms with Crippen LogP contribution in [0.3, 0.4) is 0 Å². The molecule has 4 aliphatic rings. The average molecular weight is 340 g/mol. The van der Waals surface area contributed by atoms with Crippen LogP contribution in [0.4, 0.5) is 0 Å². The molecule has 4 nitrogen and oxygen atoms in total. The van der Waals surface area contributed by atoms with Crippen molar-refractivity contribution in [1.29, 1.82) is 0 Å². The lowest BCUT2D eigenvalue weighted by Gasteiger charge is -2.53. The van der Waals surface area contributed by atoms with Gasteiger partial charge in [0.25, 0.3) is 0 Å². The second kappa shape index (κ2) is 5.66. The molecular formula is C21H28N2O2. The largest absolute Gasteiger partial charge is 0.493 e. The van der Waals surface area contributed by atoms with Gasteiger partial charge in [-0.2, -0.15) is 0 Å². The molecule has 2 saturated heterocycles. The third-order valence-electron chi connectivity index (χ3n) is 7.02. The molecule has 25 heavy (non-hydrogen) atoms. The minimum atomic E-state index is 0.666. The van der Waals surface area contributed by atoms with Crippen molar-refractivity contribution in [3.8, 4) is 11.5 Å². The number of hydrogen-bond donors (Lipinski definition) is 1. The highest BCUT2D eigenvalue weighted by molar-refractivity contribution is 5.88. The van der Waals surface area contributed by atoms with Crippen LogP contribution in [0.15, 0.2) is 12.1 Å². The molecule has 1 aromatic carbocycles. The molecule has 0 amide bonds. The average Bonchev–Trinajstić information content (AvgIpc) is 2.96. The summed E-state index contributed by atoms with van der Waals surface area (Å²) in [6.07, 6.45) is 5.24.